The van der Waals surface area contributed by atoms with Crippen LogP contribution < -0.4 is 11.5 Å². The van der Waals surface area contributed by atoms with E-state index in [0.29, 0.717) is 12.1 Å². The van der Waals surface area contributed by atoms with Gasteiger partial charge in [0.05, 0.1) is 17.4 Å². The molecule has 0 saturated carbocycles. The third-order valence-electron chi connectivity index (χ3n) is 2.86. The van der Waals surface area contributed by atoms with E-state index in [4.69, 9.17) is 11.5 Å². The molecule has 0 bridgehead atoms. The first-order valence-corrected chi connectivity index (χ1v) is 5.44. The number of anilines is 1. The van der Waals surface area contributed by atoms with Crippen LogP contribution in [-0.2, 0) is 5.54 Å². The number of aromatic nitrogens is 1. The van der Waals surface area contributed by atoms with Gasteiger partial charge in [-0.15, -0.1) is 0 Å². The number of nitrogens with zero attached hydrogens (tertiary/aromatic N) is 3. The van der Waals surface area contributed by atoms with E-state index in [1.165, 1.54) is 0 Å². The predicted molar refractivity (Wildman–Crippen MR) is 69.4 cm³/mol. The standard InChI is InChI=1S/C12H17N5/c1-17(2)11-3-5-12(14,8-16-11)9-4-6-15-7-10(9)13/h3-4,6-8H,5,13-14H2,1-2H3. The van der Waals surface area contributed by atoms with Crippen molar-refractivity contribution < 1.29 is 0 Å². The van der Waals surface area contributed by atoms with Crippen LogP contribution in [0, 0.1) is 0 Å². The summed E-state index contributed by atoms with van der Waals surface area (Å²) in [6.45, 7) is 0. The van der Waals surface area contributed by atoms with Crippen molar-refractivity contribution in [2.75, 3.05) is 19.8 Å². The van der Waals surface area contributed by atoms with Crippen molar-refractivity contribution in [3.8, 4) is 0 Å². The number of nitrogens with two attached hydrogens (primary N) is 2. The number of pyridine rings is 1. The number of nitrogen functional groups attached to an aromatic ring is 1. The molecule has 2 rings (SSSR count). The molecule has 0 aromatic carbocycles. The fourth-order valence-corrected chi connectivity index (χ4v) is 1.85. The summed E-state index contributed by atoms with van der Waals surface area (Å²) in [5.74, 6) is 0.915. The lowest BCUT2D eigenvalue weighted by Gasteiger charge is -2.29. The van der Waals surface area contributed by atoms with E-state index in [-0.39, 0.29) is 0 Å². The van der Waals surface area contributed by atoms with E-state index in [2.05, 4.69) is 9.98 Å². The van der Waals surface area contributed by atoms with Crippen molar-refractivity contribution in [1.82, 2.24) is 9.88 Å². The Kier molecular flexibility index (Phi) is 2.85. The minimum Gasteiger partial charge on any atom is -0.397 e. The van der Waals surface area contributed by atoms with Crippen LogP contribution in [0.1, 0.15) is 12.0 Å². The van der Waals surface area contributed by atoms with E-state index >= 15 is 0 Å². The van der Waals surface area contributed by atoms with Gasteiger partial charge in [0.25, 0.3) is 0 Å². The lowest BCUT2D eigenvalue weighted by atomic mass is 9.87. The molecule has 17 heavy (non-hydrogen) atoms. The zero-order chi connectivity index (χ0) is 12.5. The third-order valence-corrected chi connectivity index (χ3v) is 2.86. The van der Waals surface area contributed by atoms with E-state index in [9.17, 15) is 0 Å². The summed E-state index contributed by atoms with van der Waals surface area (Å²) < 4.78 is 0. The highest BCUT2D eigenvalue weighted by Crippen LogP contribution is 2.29. The van der Waals surface area contributed by atoms with E-state index < -0.39 is 5.54 Å². The summed E-state index contributed by atoms with van der Waals surface area (Å²) in [6, 6.07) is 1.84. The fourth-order valence-electron chi connectivity index (χ4n) is 1.85. The van der Waals surface area contributed by atoms with Crippen LogP contribution in [-0.4, -0.2) is 30.2 Å². The number of hydrogen-bond donors (Lipinski definition) is 2. The van der Waals surface area contributed by atoms with E-state index in [1.54, 1.807) is 18.6 Å². The van der Waals surface area contributed by atoms with Crippen LogP contribution in [0.4, 0.5) is 5.69 Å². The Balaban J connectivity index is 2.31. The smallest absolute Gasteiger partial charge is 0.123 e. The maximum Gasteiger partial charge on any atom is 0.123 e. The minimum absolute atomic E-state index is 0.600. The molecule has 1 aliphatic heterocycles. The van der Waals surface area contributed by atoms with Crippen LogP contribution in [0.2, 0.25) is 0 Å². The predicted octanol–water partition coefficient (Wildman–Crippen LogP) is 0.695. The monoisotopic (exact) mass is 231 g/mol. The summed E-state index contributed by atoms with van der Waals surface area (Å²) in [6.07, 6.45) is 7.76. The van der Waals surface area contributed by atoms with Gasteiger partial charge in [0.1, 0.15) is 5.82 Å². The molecule has 5 nitrogen and oxygen atoms in total. The SMILES string of the molecule is CN(C)C1=CCC(N)(c2ccncc2N)C=N1. The maximum atomic E-state index is 6.32. The van der Waals surface area contributed by atoms with Gasteiger partial charge in [0.2, 0.25) is 0 Å². The average Bonchev–Trinajstić information content (AvgIpc) is 2.30. The first-order chi connectivity index (χ1) is 8.03. The molecule has 0 spiro atoms. The fraction of sp³-hybridized carbons (Fsp3) is 0.333. The van der Waals surface area contributed by atoms with Crippen molar-refractivity contribution in [2.45, 2.75) is 12.0 Å². The normalized spacial score (nSPS) is 23.4. The van der Waals surface area contributed by atoms with Crippen LogP contribution in [0.15, 0.2) is 35.3 Å². The lowest BCUT2D eigenvalue weighted by molar-refractivity contribution is 0.486. The Labute approximate surface area is 101 Å². The second-order valence-corrected chi connectivity index (χ2v) is 4.42. The molecular formula is C12H17N5. The molecule has 1 atom stereocenters. The Bertz CT molecular complexity index is 478. The van der Waals surface area contributed by atoms with Gasteiger partial charge < -0.3 is 16.4 Å². The number of aliphatic imine (C=N–C) groups is 1. The summed E-state index contributed by atoms with van der Waals surface area (Å²) in [5, 5.41) is 0. The van der Waals surface area contributed by atoms with Gasteiger partial charge in [0, 0.05) is 32.1 Å². The molecule has 0 amide bonds. The van der Waals surface area contributed by atoms with Crippen LogP contribution in [0.3, 0.4) is 0 Å². The highest BCUT2D eigenvalue weighted by atomic mass is 15.2. The molecule has 1 aromatic rings. The third kappa shape index (κ3) is 2.14. The number of rotatable bonds is 2. The molecule has 0 aliphatic carbocycles. The zero-order valence-electron chi connectivity index (χ0n) is 10.1. The van der Waals surface area contributed by atoms with Gasteiger partial charge in [-0.2, -0.15) is 0 Å². The van der Waals surface area contributed by atoms with E-state index in [0.717, 1.165) is 11.4 Å². The average molecular weight is 231 g/mol. The second kappa shape index (κ2) is 4.18. The van der Waals surface area contributed by atoms with Gasteiger partial charge in [0.15, 0.2) is 0 Å². The molecule has 2 heterocycles. The molecule has 0 radical (unpaired) electrons. The largest absolute Gasteiger partial charge is 0.397 e. The van der Waals surface area contributed by atoms with Crippen molar-refractivity contribution in [1.29, 1.82) is 0 Å². The van der Waals surface area contributed by atoms with Crippen molar-refractivity contribution in [2.24, 2.45) is 10.7 Å². The Morgan fingerprint density at radius 2 is 2.18 bits per heavy atom. The molecule has 0 saturated heterocycles. The zero-order valence-corrected chi connectivity index (χ0v) is 10.1. The van der Waals surface area contributed by atoms with Gasteiger partial charge in [-0.25, -0.2) is 4.99 Å². The summed E-state index contributed by atoms with van der Waals surface area (Å²) in [5.41, 5.74) is 13.1. The highest BCUT2D eigenvalue weighted by Gasteiger charge is 2.29. The second-order valence-electron chi connectivity index (χ2n) is 4.42. The van der Waals surface area contributed by atoms with Gasteiger partial charge in [-0.3, -0.25) is 4.98 Å². The summed E-state index contributed by atoms with van der Waals surface area (Å²) in [7, 11) is 3.90. The molecule has 0 fully saturated rings. The van der Waals surface area contributed by atoms with Crippen molar-refractivity contribution >= 4 is 11.9 Å². The minimum atomic E-state index is -0.632. The Hall–Kier alpha value is -1.88. The Morgan fingerprint density at radius 1 is 1.41 bits per heavy atom. The van der Waals surface area contributed by atoms with Crippen LogP contribution >= 0.6 is 0 Å². The molecule has 90 valence electrons. The van der Waals surface area contributed by atoms with Crippen LogP contribution in [0.5, 0.6) is 0 Å². The van der Waals surface area contributed by atoms with Gasteiger partial charge >= 0.3 is 0 Å². The molecule has 1 unspecified atom stereocenters. The molecule has 1 aliphatic rings. The van der Waals surface area contributed by atoms with Crippen molar-refractivity contribution in [3.63, 3.8) is 0 Å². The topological polar surface area (TPSA) is 80.5 Å². The van der Waals surface area contributed by atoms with Gasteiger partial charge in [-0.05, 0) is 18.6 Å². The first kappa shape index (κ1) is 11.6. The highest BCUT2D eigenvalue weighted by molar-refractivity contribution is 5.78. The first-order valence-electron chi connectivity index (χ1n) is 5.44. The van der Waals surface area contributed by atoms with Gasteiger partial charge in [-0.1, -0.05) is 0 Å². The van der Waals surface area contributed by atoms with Crippen molar-refractivity contribution in [3.05, 3.63) is 35.9 Å². The lowest BCUT2D eigenvalue weighted by Crippen LogP contribution is -2.40. The molecule has 5 heteroatoms. The van der Waals surface area contributed by atoms with E-state index in [1.807, 2.05) is 31.1 Å². The van der Waals surface area contributed by atoms with Crippen LogP contribution in [0.25, 0.3) is 0 Å². The molecule has 1 aromatic heterocycles. The molecular weight excluding hydrogens is 214 g/mol. The number of hydrogen-bond acceptors (Lipinski definition) is 5. The quantitative estimate of drug-likeness (QED) is 0.785. The summed E-state index contributed by atoms with van der Waals surface area (Å²) in [4.78, 5) is 10.3. The summed E-state index contributed by atoms with van der Waals surface area (Å²) >= 11 is 0. The Morgan fingerprint density at radius 3 is 2.71 bits per heavy atom. The molecule has 4 N–H and O–H groups in total. The maximum absolute atomic E-state index is 6.32.